The van der Waals surface area contributed by atoms with Gasteiger partial charge in [0.05, 0.1) is 0 Å². The monoisotopic (exact) mass is 395 g/mol. The van der Waals surface area contributed by atoms with Crippen molar-refractivity contribution in [2.24, 2.45) is 0 Å². The predicted octanol–water partition coefficient (Wildman–Crippen LogP) is 2.01. The molecular weight excluding hydrogens is 374 g/mol. The molecule has 2 amide bonds. The number of hydrazine groups is 1. The Kier molecular flexibility index (Phi) is 5.82. The minimum atomic E-state index is -0.534. The second-order valence-corrected chi connectivity index (χ2v) is 6.64. The fourth-order valence-electron chi connectivity index (χ4n) is 2.70. The molecule has 150 valence electrons. The standard InChI is InChI=1S/C21H21N3O5/c1-13-9-20(26)29-18-11-16(7-8-17(13)18)28-12-19(25)22-23-21(27)14-5-4-6-15(10-14)24(2)3/h4-11H,12H2,1-3H3,(H,22,25)(H,23,27). The molecule has 0 aliphatic heterocycles. The minimum Gasteiger partial charge on any atom is -0.484 e. The van der Waals surface area contributed by atoms with Crippen molar-refractivity contribution < 1.29 is 18.7 Å². The molecule has 0 aliphatic carbocycles. The Hall–Kier alpha value is -3.81. The van der Waals surface area contributed by atoms with Crippen LogP contribution in [0.5, 0.6) is 5.75 Å². The first-order chi connectivity index (χ1) is 13.8. The zero-order valence-corrected chi connectivity index (χ0v) is 16.3. The second kappa shape index (κ2) is 8.47. The SMILES string of the molecule is Cc1cc(=O)oc2cc(OCC(=O)NNC(=O)c3cccc(N(C)C)c3)ccc12. The van der Waals surface area contributed by atoms with Crippen LogP contribution in [0.4, 0.5) is 5.69 Å². The van der Waals surface area contributed by atoms with Gasteiger partial charge in [0.15, 0.2) is 6.61 Å². The third kappa shape index (κ3) is 4.92. The molecule has 8 heteroatoms. The van der Waals surface area contributed by atoms with Gasteiger partial charge in [0, 0.05) is 42.9 Å². The van der Waals surface area contributed by atoms with Crippen LogP contribution >= 0.6 is 0 Å². The van der Waals surface area contributed by atoms with Crippen molar-refractivity contribution in [3.8, 4) is 5.75 Å². The summed E-state index contributed by atoms with van der Waals surface area (Å²) in [4.78, 5) is 37.5. The number of carbonyl (C=O) groups excluding carboxylic acids is 2. The van der Waals surface area contributed by atoms with Crippen LogP contribution in [0.3, 0.4) is 0 Å². The molecule has 8 nitrogen and oxygen atoms in total. The fourth-order valence-corrected chi connectivity index (χ4v) is 2.70. The molecule has 0 saturated heterocycles. The molecule has 3 aromatic rings. The Balaban J connectivity index is 1.56. The van der Waals surface area contributed by atoms with Crippen LogP contribution in [0, 0.1) is 6.92 Å². The van der Waals surface area contributed by atoms with E-state index in [-0.39, 0.29) is 6.61 Å². The van der Waals surface area contributed by atoms with E-state index in [1.54, 1.807) is 36.4 Å². The van der Waals surface area contributed by atoms with Crippen molar-refractivity contribution >= 4 is 28.5 Å². The highest BCUT2D eigenvalue weighted by Crippen LogP contribution is 2.22. The van der Waals surface area contributed by atoms with E-state index in [0.29, 0.717) is 16.9 Å². The van der Waals surface area contributed by atoms with Gasteiger partial charge in [-0.1, -0.05) is 6.07 Å². The maximum atomic E-state index is 12.2. The van der Waals surface area contributed by atoms with Gasteiger partial charge in [0.1, 0.15) is 11.3 Å². The van der Waals surface area contributed by atoms with E-state index < -0.39 is 17.4 Å². The lowest BCUT2D eigenvalue weighted by Gasteiger charge is -2.14. The van der Waals surface area contributed by atoms with Crippen molar-refractivity contribution in [3.63, 3.8) is 0 Å². The molecule has 0 atom stereocenters. The summed E-state index contributed by atoms with van der Waals surface area (Å²) in [5.74, 6) is -0.607. The molecule has 1 heterocycles. The number of nitrogens with one attached hydrogen (secondary N) is 2. The Morgan fingerprint density at radius 1 is 1.07 bits per heavy atom. The van der Waals surface area contributed by atoms with Crippen LogP contribution in [0.2, 0.25) is 0 Å². The highest BCUT2D eigenvalue weighted by Gasteiger charge is 2.10. The van der Waals surface area contributed by atoms with Crippen molar-refractivity contribution in [2.45, 2.75) is 6.92 Å². The number of amides is 2. The zero-order chi connectivity index (χ0) is 21.0. The van der Waals surface area contributed by atoms with E-state index in [2.05, 4.69) is 10.9 Å². The Morgan fingerprint density at radius 3 is 2.62 bits per heavy atom. The highest BCUT2D eigenvalue weighted by atomic mass is 16.5. The lowest BCUT2D eigenvalue weighted by molar-refractivity contribution is -0.123. The van der Waals surface area contributed by atoms with Gasteiger partial charge in [-0.25, -0.2) is 4.79 Å². The Labute approximate surface area is 167 Å². The molecule has 0 unspecified atom stereocenters. The summed E-state index contributed by atoms with van der Waals surface area (Å²) in [7, 11) is 3.74. The maximum Gasteiger partial charge on any atom is 0.336 e. The molecule has 0 bridgehead atoms. The van der Waals surface area contributed by atoms with E-state index >= 15 is 0 Å². The Bertz CT molecular complexity index is 1120. The summed E-state index contributed by atoms with van der Waals surface area (Å²) in [6.45, 7) is 1.49. The quantitative estimate of drug-likeness (QED) is 0.506. The lowest BCUT2D eigenvalue weighted by Crippen LogP contribution is -2.43. The van der Waals surface area contributed by atoms with Gasteiger partial charge in [0.25, 0.3) is 11.8 Å². The highest BCUT2D eigenvalue weighted by molar-refractivity contribution is 5.96. The third-order valence-corrected chi connectivity index (χ3v) is 4.23. The van der Waals surface area contributed by atoms with E-state index in [4.69, 9.17) is 9.15 Å². The molecule has 0 saturated carbocycles. The summed E-state index contributed by atoms with van der Waals surface area (Å²) in [6, 6.07) is 13.4. The number of benzene rings is 2. The van der Waals surface area contributed by atoms with E-state index in [1.165, 1.54) is 6.07 Å². The first-order valence-corrected chi connectivity index (χ1v) is 8.87. The van der Waals surface area contributed by atoms with Crippen molar-refractivity contribution in [1.82, 2.24) is 10.9 Å². The molecule has 0 radical (unpaired) electrons. The first kappa shape index (κ1) is 19.9. The molecule has 1 aromatic heterocycles. The van der Waals surface area contributed by atoms with Crippen molar-refractivity contribution in [1.29, 1.82) is 0 Å². The smallest absolute Gasteiger partial charge is 0.336 e. The number of fused-ring (bicyclic) bond motifs is 1. The van der Waals surface area contributed by atoms with E-state index in [0.717, 1.165) is 16.6 Å². The number of hydrogen-bond acceptors (Lipinski definition) is 6. The van der Waals surface area contributed by atoms with Gasteiger partial charge in [0.2, 0.25) is 0 Å². The Morgan fingerprint density at radius 2 is 1.86 bits per heavy atom. The summed E-state index contributed by atoms with van der Waals surface area (Å²) in [5, 5.41) is 0.786. The van der Waals surface area contributed by atoms with Gasteiger partial charge >= 0.3 is 5.63 Å². The van der Waals surface area contributed by atoms with E-state index in [9.17, 15) is 14.4 Å². The van der Waals surface area contributed by atoms with Crippen LogP contribution < -0.4 is 26.1 Å². The maximum absolute atomic E-state index is 12.2. The van der Waals surface area contributed by atoms with Crippen molar-refractivity contribution in [2.75, 3.05) is 25.6 Å². The largest absolute Gasteiger partial charge is 0.484 e. The molecule has 0 spiro atoms. The zero-order valence-electron chi connectivity index (χ0n) is 16.3. The summed E-state index contributed by atoms with van der Waals surface area (Å²) in [6.07, 6.45) is 0. The average Bonchev–Trinajstić information content (AvgIpc) is 2.70. The van der Waals surface area contributed by atoms with Gasteiger partial charge in [-0.2, -0.15) is 0 Å². The van der Waals surface area contributed by atoms with Crippen LogP contribution in [0.15, 0.2) is 57.7 Å². The fraction of sp³-hybridized carbons (Fsp3) is 0.190. The second-order valence-electron chi connectivity index (χ2n) is 6.64. The topological polar surface area (TPSA) is 101 Å². The molecule has 0 aliphatic rings. The number of ether oxygens (including phenoxy) is 1. The van der Waals surface area contributed by atoms with Gasteiger partial charge in [-0.3, -0.25) is 20.4 Å². The number of hydrogen-bond donors (Lipinski definition) is 2. The normalized spacial score (nSPS) is 10.4. The van der Waals surface area contributed by atoms with E-state index in [1.807, 2.05) is 32.0 Å². The predicted molar refractivity (Wildman–Crippen MR) is 109 cm³/mol. The third-order valence-electron chi connectivity index (χ3n) is 4.23. The molecule has 2 aromatic carbocycles. The van der Waals surface area contributed by atoms with Crippen LogP contribution in [0.25, 0.3) is 11.0 Å². The summed E-state index contributed by atoms with van der Waals surface area (Å²) in [5.41, 5.74) is 6.65. The van der Waals surface area contributed by atoms with Gasteiger partial charge in [-0.15, -0.1) is 0 Å². The minimum absolute atomic E-state index is 0.320. The number of anilines is 1. The molecule has 2 N–H and O–H groups in total. The van der Waals surface area contributed by atoms with Crippen LogP contribution in [0.1, 0.15) is 15.9 Å². The summed E-state index contributed by atoms with van der Waals surface area (Å²) >= 11 is 0. The molecular formula is C21H21N3O5. The average molecular weight is 395 g/mol. The molecule has 0 fully saturated rings. The van der Waals surface area contributed by atoms with Crippen molar-refractivity contribution in [3.05, 3.63) is 70.1 Å². The lowest BCUT2D eigenvalue weighted by atomic mass is 10.1. The first-order valence-electron chi connectivity index (χ1n) is 8.87. The molecule has 29 heavy (non-hydrogen) atoms. The molecule has 3 rings (SSSR count). The van der Waals surface area contributed by atoms with Gasteiger partial charge < -0.3 is 14.1 Å². The number of aryl methyl sites for hydroxylation is 1. The van der Waals surface area contributed by atoms with Crippen LogP contribution in [-0.2, 0) is 4.79 Å². The number of carbonyl (C=O) groups is 2. The van der Waals surface area contributed by atoms with Gasteiger partial charge in [-0.05, 0) is 42.8 Å². The number of nitrogens with zero attached hydrogens (tertiary/aromatic N) is 1. The van der Waals surface area contributed by atoms with Crippen LogP contribution in [-0.4, -0.2) is 32.5 Å². The summed E-state index contributed by atoms with van der Waals surface area (Å²) < 4.78 is 10.6. The number of rotatable bonds is 5.